The molecule has 0 saturated carbocycles. The van der Waals surface area contributed by atoms with E-state index in [1.165, 1.54) is 5.56 Å². The Kier molecular flexibility index (Phi) is 4.99. The molecule has 0 aliphatic heterocycles. The van der Waals surface area contributed by atoms with Crippen molar-refractivity contribution in [2.24, 2.45) is 0 Å². The number of nitrogens with zero attached hydrogens (tertiary/aromatic N) is 2. The fraction of sp³-hybridized carbons (Fsp3) is 0.263. The second-order valence-corrected chi connectivity index (χ2v) is 6.28. The van der Waals surface area contributed by atoms with Gasteiger partial charge in [0, 0.05) is 5.56 Å². The molecule has 0 amide bonds. The van der Waals surface area contributed by atoms with E-state index in [-0.39, 0.29) is 0 Å². The number of rotatable bonds is 5. The highest BCUT2D eigenvalue weighted by Gasteiger charge is 2.19. The number of aromatic nitrogens is 3. The first-order valence-corrected chi connectivity index (χ1v) is 8.46. The van der Waals surface area contributed by atoms with Gasteiger partial charge in [-0.15, -0.1) is 0 Å². The van der Waals surface area contributed by atoms with Gasteiger partial charge in [0.1, 0.15) is 0 Å². The number of methoxy groups -OCH3 is 3. The van der Waals surface area contributed by atoms with E-state index < -0.39 is 0 Å². The summed E-state index contributed by atoms with van der Waals surface area (Å²) in [6, 6.07) is 9.91. The van der Waals surface area contributed by atoms with E-state index in [4.69, 9.17) is 26.4 Å². The Bertz CT molecular complexity index is 982. The molecule has 0 spiro atoms. The van der Waals surface area contributed by atoms with Gasteiger partial charge < -0.3 is 14.2 Å². The molecule has 2 aromatic carbocycles. The zero-order valence-electron chi connectivity index (χ0n) is 15.4. The third-order valence-corrected chi connectivity index (χ3v) is 4.46. The molecule has 7 heteroatoms. The fourth-order valence-electron chi connectivity index (χ4n) is 2.98. The van der Waals surface area contributed by atoms with Gasteiger partial charge >= 0.3 is 0 Å². The maximum Gasteiger partial charge on any atom is 0.203 e. The molecule has 0 aliphatic rings. The van der Waals surface area contributed by atoms with Crippen LogP contribution in [0.4, 0.5) is 0 Å². The lowest BCUT2D eigenvalue weighted by atomic mass is 10.1. The van der Waals surface area contributed by atoms with E-state index in [0.29, 0.717) is 27.8 Å². The van der Waals surface area contributed by atoms with Crippen LogP contribution in [0.15, 0.2) is 30.3 Å². The van der Waals surface area contributed by atoms with Crippen LogP contribution >= 0.6 is 12.2 Å². The molecular formula is C19H21N3O3S. The summed E-state index contributed by atoms with van der Waals surface area (Å²) in [6.07, 6.45) is 0. The Hall–Kier alpha value is -2.80. The largest absolute Gasteiger partial charge is 0.493 e. The molecular weight excluding hydrogens is 350 g/mol. The van der Waals surface area contributed by atoms with Crippen LogP contribution in [0.1, 0.15) is 11.1 Å². The maximum absolute atomic E-state index is 5.48. The van der Waals surface area contributed by atoms with Crippen molar-refractivity contribution in [3.8, 4) is 34.3 Å². The van der Waals surface area contributed by atoms with Gasteiger partial charge in [-0.1, -0.05) is 17.7 Å². The van der Waals surface area contributed by atoms with E-state index >= 15 is 0 Å². The Morgan fingerprint density at radius 3 is 2.15 bits per heavy atom. The third-order valence-electron chi connectivity index (χ3n) is 4.19. The molecule has 26 heavy (non-hydrogen) atoms. The van der Waals surface area contributed by atoms with Crippen LogP contribution in [0.3, 0.4) is 0 Å². The van der Waals surface area contributed by atoms with Crippen molar-refractivity contribution < 1.29 is 14.2 Å². The quantitative estimate of drug-likeness (QED) is 0.680. The highest BCUT2D eigenvalue weighted by atomic mass is 32.1. The minimum atomic E-state index is 0.515. The summed E-state index contributed by atoms with van der Waals surface area (Å²) in [6.45, 7) is 4.11. The van der Waals surface area contributed by atoms with Gasteiger partial charge in [0.15, 0.2) is 22.1 Å². The number of aromatic amines is 1. The minimum absolute atomic E-state index is 0.515. The average Bonchev–Trinajstić information content (AvgIpc) is 3.01. The molecule has 0 atom stereocenters. The number of hydrogen-bond donors (Lipinski definition) is 1. The molecule has 0 bridgehead atoms. The predicted molar refractivity (Wildman–Crippen MR) is 103 cm³/mol. The van der Waals surface area contributed by atoms with Crippen LogP contribution < -0.4 is 14.2 Å². The van der Waals surface area contributed by atoms with Crippen molar-refractivity contribution >= 4 is 12.2 Å². The second-order valence-electron chi connectivity index (χ2n) is 5.89. The summed E-state index contributed by atoms with van der Waals surface area (Å²) < 4.78 is 18.7. The van der Waals surface area contributed by atoms with E-state index in [0.717, 1.165) is 16.8 Å². The normalized spacial score (nSPS) is 10.7. The second kappa shape index (κ2) is 7.21. The van der Waals surface area contributed by atoms with Crippen LogP contribution in [0.25, 0.3) is 17.1 Å². The van der Waals surface area contributed by atoms with Gasteiger partial charge in [0.05, 0.1) is 27.0 Å². The summed E-state index contributed by atoms with van der Waals surface area (Å²) in [5.41, 5.74) is 4.07. The molecule has 1 aromatic heterocycles. The highest BCUT2D eigenvalue weighted by molar-refractivity contribution is 7.71. The van der Waals surface area contributed by atoms with Crippen molar-refractivity contribution in [1.29, 1.82) is 0 Å². The third kappa shape index (κ3) is 3.06. The molecule has 0 aliphatic carbocycles. The smallest absolute Gasteiger partial charge is 0.203 e. The summed E-state index contributed by atoms with van der Waals surface area (Å²) in [5.74, 6) is 2.32. The van der Waals surface area contributed by atoms with Crippen LogP contribution in [-0.4, -0.2) is 36.1 Å². The lowest BCUT2D eigenvalue weighted by Crippen LogP contribution is -2.02. The van der Waals surface area contributed by atoms with Crippen molar-refractivity contribution in [1.82, 2.24) is 14.8 Å². The van der Waals surface area contributed by atoms with E-state index in [9.17, 15) is 0 Å². The first-order chi connectivity index (χ1) is 12.5. The first kappa shape index (κ1) is 18.0. The van der Waals surface area contributed by atoms with Crippen LogP contribution in [0, 0.1) is 18.6 Å². The molecule has 0 fully saturated rings. The SMILES string of the molecule is COc1cc(-c2n[nH]c(=S)n2-c2ccc(C)cc2C)cc(OC)c1OC. The summed E-state index contributed by atoms with van der Waals surface area (Å²) >= 11 is 5.48. The number of hydrogen-bond acceptors (Lipinski definition) is 5. The predicted octanol–water partition coefficient (Wildman–Crippen LogP) is 4.24. The maximum atomic E-state index is 5.48. The van der Waals surface area contributed by atoms with Crippen molar-refractivity contribution in [3.05, 3.63) is 46.2 Å². The Labute approximate surface area is 157 Å². The summed E-state index contributed by atoms with van der Waals surface area (Å²) in [7, 11) is 4.75. The van der Waals surface area contributed by atoms with Gasteiger partial charge in [-0.2, -0.15) is 5.10 Å². The van der Waals surface area contributed by atoms with E-state index in [1.807, 2.05) is 22.8 Å². The number of nitrogens with one attached hydrogen (secondary N) is 1. The molecule has 0 saturated heterocycles. The zero-order chi connectivity index (χ0) is 18.8. The van der Waals surface area contributed by atoms with Gasteiger partial charge in [0.2, 0.25) is 5.75 Å². The van der Waals surface area contributed by atoms with Gasteiger partial charge in [-0.05, 0) is 49.8 Å². The molecule has 1 heterocycles. The molecule has 1 N–H and O–H groups in total. The fourth-order valence-corrected chi connectivity index (χ4v) is 3.21. The summed E-state index contributed by atoms with van der Waals surface area (Å²) in [5, 5.41) is 7.31. The monoisotopic (exact) mass is 371 g/mol. The summed E-state index contributed by atoms with van der Waals surface area (Å²) in [4.78, 5) is 0. The lowest BCUT2D eigenvalue weighted by molar-refractivity contribution is 0.324. The lowest BCUT2D eigenvalue weighted by Gasteiger charge is -2.15. The van der Waals surface area contributed by atoms with Crippen molar-refractivity contribution in [3.63, 3.8) is 0 Å². The van der Waals surface area contributed by atoms with Crippen LogP contribution in [-0.2, 0) is 0 Å². The van der Waals surface area contributed by atoms with Crippen molar-refractivity contribution in [2.45, 2.75) is 13.8 Å². The highest BCUT2D eigenvalue weighted by Crippen LogP contribution is 2.41. The molecule has 0 radical (unpaired) electrons. The van der Waals surface area contributed by atoms with E-state index in [1.54, 1.807) is 21.3 Å². The van der Waals surface area contributed by atoms with Gasteiger partial charge in [-0.25, -0.2) is 0 Å². The number of aryl methyl sites for hydroxylation is 2. The molecule has 136 valence electrons. The number of H-pyrrole nitrogens is 1. The number of benzene rings is 2. The molecule has 3 aromatic rings. The minimum Gasteiger partial charge on any atom is -0.493 e. The molecule has 3 rings (SSSR count). The van der Waals surface area contributed by atoms with Crippen molar-refractivity contribution in [2.75, 3.05) is 21.3 Å². The Morgan fingerprint density at radius 1 is 0.962 bits per heavy atom. The number of ether oxygens (including phenoxy) is 3. The van der Waals surface area contributed by atoms with Gasteiger partial charge in [-0.3, -0.25) is 9.67 Å². The standard InChI is InChI=1S/C19H21N3O3S/c1-11-6-7-14(12(2)8-11)22-18(20-21-19(22)26)13-9-15(23-3)17(25-5)16(10-13)24-4/h6-10H,1-5H3,(H,21,26). The molecule has 6 nitrogen and oxygen atoms in total. The molecule has 0 unspecified atom stereocenters. The van der Waals surface area contributed by atoms with Crippen LogP contribution in [0.5, 0.6) is 17.2 Å². The Morgan fingerprint density at radius 2 is 1.62 bits per heavy atom. The van der Waals surface area contributed by atoms with Crippen LogP contribution in [0.2, 0.25) is 0 Å². The van der Waals surface area contributed by atoms with E-state index in [2.05, 4.69) is 36.2 Å². The Balaban J connectivity index is 2.25. The average molecular weight is 371 g/mol. The zero-order valence-corrected chi connectivity index (χ0v) is 16.2. The van der Waals surface area contributed by atoms with Gasteiger partial charge in [0.25, 0.3) is 0 Å². The first-order valence-electron chi connectivity index (χ1n) is 8.05. The topological polar surface area (TPSA) is 61.3 Å².